The van der Waals surface area contributed by atoms with Crippen LogP contribution >= 0.6 is 0 Å². The maximum absolute atomic E-state index is 12.3. The second-order valence-corrected chi connectivity index (χ2v) is 6.65. The van der Waals surface area contributed by atoms with Gasteiger partial charge in [-0.1, -0.05) is 23.8 Å². The monoisotopic (exact) mass is 417 g/mol. The fraction of sp³-hybridized carbons (Fsp3) is 0.190. The lowest BCUT2D eigenvalue weighted by atomic mass is 10.0. The Labute approximate surface area is 169 Å². The Hall–Kier alpha value is -3.62. The second-order valence-electron chi connectivity index (χ2n) is 6.65. The number of anilines is 1. The molecule has 1 heterocycles. The molecule has 0 aliphatic carbocycles. The number of carbonyl (C=O) groups is 1. The molecule has 0 bridgehead atoms. The van der Waals surface area contributed by atoms with Gasteiger partial charge in [-0.05, 0) is 49.7 Å². The second kappa shape index (κ2) is 8.40. The number of carbonyl (C=O) groups excluding carboxylic acids is 1. The van der Waals surface area contributed by atoms with Crippen LogP contribution in [0.2, 0.25) is 0 Å². The van der Waals surface area contributed by atoms with Gasteiger partial charge in [0.2, 0.25) is 5.91 Å². The van der Waals surface area contributed by atoms with Crippen LogP contribution in [0.25, 0.3) is 11.3 Å². The Morgan fingerprint density at radius 2 is 1.77 bits per heavy atom. The molecule has 1 aromatic heterocycles. The number of halogens is 3. The third-order valence-electron chi connectivity index (χ3n) is 4.19. The predicted molar refractivity (Wildman–Crippen MR) is 105 cm³/mol. The van der Waals surface area contributed by atoms with E-state index in [1.807, 2.05) is 32.0 Å². The van der Waals surface area contributed by atoms with E-state index in [9.17, 15) is 22.8 Å². The minimum absolute atomic E-state index is 0.258. The number of hydrogen-bond donors (Lipinski definition) is 1. The Bertz CT molecular complexity index is 1120. The SMILES string of the molecule is Cc1ccc(-c2ccc(=O)n(CC(=O)Nc3ccc(OC(F)(F)F)cc3)n2)c(C)c1. The van der Waals surface area contributed by atoms with E-state index in [1.54, 1.807) is 6.07 Å². The molecule has 0 saturated heterocycles. The minimum Gasteiger partial charge on any atom is -0.406 e. The van der Waals surface area contributed by atoms with Crippen LogP contribution in [0.3, 0.4) is 0 Å². The highest BCUT2D eigenvalue weighted by Crippen LogP contribution is 2.24. The van der Waals surface area contributed by atoms with Crippen LogP contribution in [0, 0.1) is 13.8 Å². The van der Waals surface area contributed by atoms with Gasteiger partial charge in [-0.25, -0.2) is 4.68 Å². The Balaban J connectivity index is 1.73. The summed E-state index contributed by atoms with van der Waals surface area (Å²) in [5.41, 5.74) is 3.28. The lowest BCUT2D eigenvalue weighted by Gasteiger charge is -2.11. The fourth-order valence-electron chi connectivity index (χ4n) is 2.88. The van der Waals surface area contributed by atoms with Crippen molar-refractivity contribution in [2.24, 2.45) is 0 Å². The minimum atomic E-state index is -4.79. The summed E-state index contributed by atoms with van der Waals surface area (Å²) in [4.78, 5) is 24.4. The molecule has 0 fully saturated rings. The van der Waals surface area contributed by atoms with Gasteiger partial charge in [0, 0.05) is 17.3 Å². The molecule has 30 heavy (non-hydrogen) atoms. The van der Waals surface area contributed by atoms with Crippen molar-refractivity contribution >= 4 is 11.6 Å². The van der Waals surface area contributed by atoms with Gasteiger partial charge in [0.25, 0.3) is 5.56 Å². The molecule has 3 aromatic rings. The van der Waals surface area contributed by atoms with Gasteiger partial charge in [-0.15, -0.1) is 13.2 Å². The van der Waals surface area contributed by atoms with Crippen molar-refractivity contribution < 1.29 is 22.7 Å². The normalized spacial score (nSPS) is 11.2. The third kappa shape index (κ3) is 5.47. The molecule has 156 valence electrons. The van der Waals surface area contributed by atoms with Crippen LogP contribution in [0.5, 0.6) is 5.75 Å². The maximum atomic E-state index is 12.3. The average molecular weight is 417 g/mol. The molecule has 1 N–H and O–H groups in total. The molecule has 1 amide bonds. The number of rotatable bonds is 5. The molecular formula is C21H18F3N3O3. The predicted octanol–water partition coefficient (Wildman–Crippen LogP) is 4.06. The number of alkyl halides is 3. The zero-order valence-corrected chi connectivity index (χ0v) is 16.2. The zero-order chi connectivity index (χ0) is 21.9. The lowest BCUT2D eigenvalue weighted by molar-refractivity contribution is -0.274. The van der Waals surface area contributed by atoms with E-state index >= 15 is 0 Å². The summed E-state index contributed by atoms with van der Waals surface area (Å²) in [5, 5.41) is 6.78. The third-order valence-corrected chi connectivity index (χ3v) is 4.19. The highest BCUT2D eigenvalue weighted by Gasteiger charge is 2.30. The standard InChI is InChI=1S/C21H18F3N3O3/c1-13-3-8-17(14(2)11-13)18-9-10-20(29)27(26-18)12-19(28)25-15-4-6-16(7-5-15)30-21(22,23)24/h3-11H,12H2,1-2H3,(H,25,28). The zero-order valence-electron chi connectivity index (χ0n) is 16.2. The number of amides is 1. The van der Waals surface area contributed by atoms with Crippen molar-refractivity contribution in [1.82, 2.24) is 9.78 Å². The molecule has 0 radical (unpaired) electrons. The Kier molecular flexibility index (Phi) is 5.91. The first-order chi connectivity index (χ1) is 14.1. The van der Waals surface area contributed by atoms with Gasteiger partial charge >= 0.3 is 6.36 Å². The first-order valence-corrected chi connectivity index (χ1v) is 8.92. The van der Waals surface area contributed by atoms with Crippen molar-refractivity contribution in [1.29, 1.82) is 0 Å². The summed E-state index contributed by atoms with van der Waals surface area (Å²) >= 11 is 0. The van der Waals surface area contributed by atoms with Crippen LogP contribution in [-0.2, 0) is 11.3 Å². The molecule has 0 aliphatic heterocycles. The van der Waals surface area contributed by atoms with E-state index in [1.165, 1.54) is 18.2 Å². The first-order valence-electron chi connectivity index (χ1n) is 8.92. The van der Waals surface area contributed by atoms with E-state index in [-0.39, 0.29) is 12.2 Å². The van der Waals surface area contributed by atoms with Crippen LogP contribution in [0.1, 0.15) is 11.1 Å². The summed E-state index contributed by atoms with van der Waals surface area (Å²) in [5.74, 6) is -0.952. The summed E-state index contributed by atoms with van der Waals surface area (Å²) in [7, 11) is 0. The quantitative estimate of drug-likeness (QED) is 0.680. The molecule has 0 aliphatic rings. The topological polar surface area (TPSA) is 73.2 Å². The van der Waals surface area contributed by atoms with E-state index in [2.05, 4.69) is 15.2 Å². The van der Waals surface area contributed by atoms with Crippen LogP contribution in [0.15, 0.2) is 59.4 Å². The van der Waals surface area contributed by atoms with Gasteiger partial charge in [0.15, 0.2) is 0 Å². The molecular weight excluding hydrogens is 399 g/mol. The number of aryl methyl sites for hydroxylation is 2. The summed E-state index contributed by atoms with van der Waals surface area (Å²) in [6, 6.07) is 13.4. The Morgan fingerprint density at radius 3 is 2.40 bits per heavy atom. The number of ether oxygens (including phenoxy) is 1. The van der Waals surface area contributed by atoms with Crippen molar-refractivity contribution in [3.05, 3.63) is 76.1 Å². The van der Waals surface area contributed by atoms with E-state index < -0.39 is 23.6 Å². The molecule has 0 atom stereocenters. The van der Waals surface area contributed by atoms with E-state index in [0.29, 0.717) is 5.69 Å². The van der Waals surface area contributed by atoms with Gasteiger partial charge in [-0.2, -0.15) is 5.10 Å². The largest absolute Gasteiger partial charge is 0.573 e. The van der Waals surface area contributed by atoms with Crippen LogP contribution in [-0.4, -0.2) is 22.1 Å². The van der Waals surface area contributed by atoms with Gasteiger partial charge in [0.1, 0.15) is 12.3 Å². The van der Waals surface area contributed by atoms with E-state index in [0.717, 1.165) is 33.5 Å². The molecule has 6 nitrogen and oxygen atoms in total. The van der Waals surface area contributed by atoms with Gasteiger partial charge in [0.05, 0.1) is 5.69 Å². The smallest absolute Gasteiger partial charge is 0.406 e. The van der Waals surface area contributed by atoms with Crippen LogP contribution in [0.4, 0.5) is 18.9 Å². The number of aromatic nitrogens is 2. The molecule has 0 spiro atoms. The summed E-state index contributed by atoms with van der Waals surface area (Å²) < 4.78 is 41.4. The van der Waals surface area contributed by atoms with E-state index in [4.69, 9.17) is 0 Å². The highest BCUT2D eigenvalue weighted by molar-refractivity contribution is 5.90. The Morgan fingerprint density at radius 1 is 1.07 bits per heavy atom. The number of nitrogens with one attached hydrogen (secondary N) is 1. The van der Waals surface area contributed by atoms with Gasteiger partial charge in [-0.3, -0.25) is 9.59 Å². The van der Waals surface area contributed by atoms with Crippen molar-refractivity contribution in [2.45, 2.75) is 26.8 Å². The van der Waals surface area contributed by atoms with Crippen LogP contribution < -0.4 is 15.6 Å². The average Bonchev–Trinajstić information content (AvgIpc) is 2.64. The summed E-state index contributed by atoms with van der Waals surface area (Å²) in [6.45, 7) is 3.55. The lowest BCUT2D eigenvalue weighted by Crippen LogP contribution is -2.29. The molecule has 2 aromatic carbocycles. The number of benzene rings is 2. The summed E-state index contributed by atoms with van der Waals surface area (Å²) in [6.07, 6.45) is -4.79. The number of nitrogens with zero attached hydrogens (tertiary/aromatic N) is 2. The van der Waals surface area contributed by atoms with Crippen molar-refractivity contribution in [3.8, 4) is 17.0 Å². The fourth-order valence-corrected chi connectivity index (χ4v) is 2.88. The van der Waals surface area contributed by atoms with Crippen molar-refractivity contribution in [2.75, 3.05) is 5.32 Å². The number of hydrogen-bond acceptors (Lipinski definition) is 4. The molecule has 3 rings (SSSR count). The highest BCUT2D eigenvalue weighted by atomic mass is 19.4. The van der Waals surface area contributed by atoms with Crippen molar-refractivity contribution in [3.63, 3.8) is 0 Å². The van der Waals surface area contributed by atoms with Gasteiger partial charge < -0.3 is 10.1 Å². The molecule has 9 heteroatoms. The molecule has 0 unspecified atom stereocenters. The molecule has 0 saturated carbocycles. The maximum Gasteiger partial charge on any atom is 0.573 e. The first kappa shape index (κ1) is 21.1.